The lowest BCUT2D eigenvalue weighted by molar-refractivity contribution is 0.102. The highest BCUT2D eigenvalue weighted by Crippen LogP contribution is 2.21. The van der Waals surface area contributed by atoms with Gasteiger partial charge in [0.25, 0.3) is 5.91 Å². The van der Waals surface area contributed by atoms with Gasteiger partial charge in [0.15, 0.2) is 0 Å². The van der Waals surface area contributed by atoms with Crippen LogP contribution >= 0.6 is 0 Å². The quantitative estimate of drug-likeness (QED) is 0.595. The molecule has 1 N–H and O–H groups in total. The minimum atomic E-state index is -0.174. The zero-order valence-electron chi connectivity index (χ0n) is 14.8. The SMILES string of the molecule is Cn1nc(-c2ccncc2)cc1NC(=O)c1cccc(Cn2ccnc2)c1. The van der Waals surface area contributed by atoms with Gasteiger partial charge in [-0.1, -0.05) is 12.1 Å². The lowest BCUT2D eigenvalue weighted by Gasteiger charge is -2.07. The Balaban J connectivity index is 1.52. The van der Waals surface area contributed by atoms with Crippen molar-refractivity contribution in [3.63, 3.8) is 0 Å². The van der Waals surface area contributed by atoms with Crippen molar-refractivity contribution < 1.29 is 4.79 Å². The van der Waals surface area contributed by atoms with Gasteiger partial charge >= 0.3 is 0 Å². The molecule has 3 heterocycles. The average molecular weight is 358 g/mol. The number of pyridine rings is 1. The van der Waals surface area contributed by atoms with E-state index in [1.807, 2.05) is 47.2 Å². The topological polar surface area (TPSA) is 77.6 Å². The standard InChI is InChI=1S/C20H18N6O/c1-25-19(12-18(24-25)16-5-7-21-8-6-16)23-20(27)17-4-2-3-15(11-17)13-26-10-9-22-14-26/h2-12,14H,13H2,1H3,(H,23,27). The summed E-state index contributed by atoms with van der Waals surface area (Å²) in [6.07, 6.45) is 8.81. The maximum absolute atomic E-state index is 12.7. The van der Waals surface area contributed by atoms with Gasteiger partial charge in [-0.05, 0) is 29.8 Å². The number of rotatable bonds is 5. The first-order chi connectivity index (χ1) is 13.2. The van der Waals surface area contributed by atoms with Crippen LogP contribution in [0.4, 0.5) is 5.82 Å². The molecule has 0 unspecified atom stereocenters. The van der Waals surface area contributed by atoms with E-state index in [0.717, 1.165) is 16.8 Å². The maximum Gasteiger partial charge on any atom is 0.256 e. The van der Waals surface area contributed by atoms with Crippen LogP contribution in [-0.4, -0.2) is 30.2 Å². The van der Waals surface area contributed by atoms with E-state index in [0.29, 0.717) is 17.9 Å². The van der Waals surface area contributed by atoms with Crippen LogP contribution in [0.2, 0.25) is 0 Å². The molecule has 1 aromatic carbocycles. The van der Waals surface area contributed by atoms with Crippen LogP contribution in [0.5, 0.6) is 0 Å². The van der Waals surface area contributed by atoms with Crippen LogP contribution in [0.15, 0.2) is 73.6 Å². The molecule has 134 valence electrons. The molecule has 0 fully saturated rings. The second-order valence-corrected chi connectivity index (χ2v) is 6.16. The molecule has 0 spiro atoms. The fourth-order valence-corrected chi connectivity index (χ4v) is 2.84. The second kappa shape index (κ2) is 7.25. The molecule has 27 heavy (non-hydrogen) atoms. The zero-order chi connectivity index (χ0) is 18.6. The lowest BCUT2D eigenvalue weighted by Crippen LogP contribution is -2.15. The smallest absolute Gasteiger partial charge is 0.256 e. The molecule has 7 nitrogen and oxygen atoms in total. The fraction of sp³-hybridized carbons (Fsp3) is 0.100. The van der Waals surface area contributed by atoms with Gasteiger partial charge in [-0.2, -0.15) is 5.10 Å². The van der Waals surface area contributed by atoms with E-state index >= 15 is 0 Å². The predicted octanol–water partition coefficient (Wildman–Crippen LogP) is 2.98. The van der Waals surface area contributed by atoms with Crippen molar-refractivity contribution in [3.05, 3.63) is 84.7 Å². The normalized spacial score (nSPS) is 10.7. The maximum atomic E-state index is 12.7. The summed E-state index contributed by atoms with van der Waals surface area (Å²) in [6, 6.07) is 13.2. The third kappa shape index (κ3) is 3.77. The first-order valence-corrected chi connectivity index (χ1v) is 8.49. The Morgan fingerprint density at radius 1 is 1.07 bits per heavy atom. The molecule has 7 heteroatoms. The Morgan fingerprint density at radius 3 is 2.70 bits per heavy atom. The number of aromatic nitrogens is 5. The first kappa shape index (κ1) is 16.7. The molecule has 0 aliphatic carbocycles. The number of benzene rings is 1. The van der Waals surface area contributed by atoms with Crippen LogP contribution in [0.25, 0.3) is 11.3 Å². The van der Waals surface area contributed by atoms with Gasteiger partial charge in [-0.25, -0.2) is 4.98 Å². The molecule has 4 rings (SSSR count). The number of hydrogen-bond acceptors (Lipinski definition) is 4. The third-order valence-electron chi connectivity index (χ3n) is 4.21. The van der Waals surface area contributed by atoms with Crippen molar-refractivity contribution in [1.82, 2.24) is 24.3 Å². The molecule has 0 aliphatic rings. The largest absolute Gasteiger partial charge is 0.333 e. The summed E-state index contributed by atoms with van der Waals surface area (Å²) in [5.74, 6) is 0.457. The van der Waals surface area contributed by atoms with Crippen molar-refractivity contribution in [3.8, 4) is 11.3 Å². The van der Waals surface area contributed by atoms with Crippen molar-refractivity contribution in [1.29, 1.82) is 0 Å². The minimum absolute atomic E-state index is 0.174. The van der Waals surface area contributed by atoms with E-state index in [1.54, 1.807) is 42.7 Å². The van der Waals surface area contributed by atoms with Crippen LogP contribution < -0.4 is 5.32 Å². The number of imidazole rings is 1. The summed E-state index contributed by atoms with van der Waals surface area (Å²) in [5.41, 5.74) is 3.36. The summed E-state index contributed by atoms with van der Waals surface area (Å²) in [7, 11) is 1.80. The highest BCUT2D eigenvalue weighted by Gasteiger charge is 2.12. The monoisotopic (exact) mass is 358 g/mol. The number of nitrogens with one attached hydrogen (secondary N) is 1. The summed E-state index contributed by atoms with van der Waals surface area (Å²) in [4.78, 5) is 20.7. The molecule has 0 saturated heterocycles. The van der Waals surface area contributed by atoms with Crippen molar-refractivity contribution >= 4 is 11.7 Å². The van der Waals surface area contributed by atoms with Gasteiger partial charge in [0.1, 0.15) is 5.82 Å². The molecule has 0 bridgehead atoms. The third-order valence-corrected chi connectivity index (χ3v) is 4.21. The van der Waals surface area contributed by atoms with Gasteiger partial charge in [0, 0.05) is 55.6 Å². The first-order valence-electron chi connectivity index (χ1n) is 8.49. The summed E-state index contributed by atoms with van der Waals surface area (Å²) < 4.78 is 3.61. The van der Waals surface area contributed by atoms with Crippen molar-refractivity contribution in [2.45, 2.75) is 6.54 Å². The number of carbonyl (C=O) groups is 1. The van der Waals surface area contributed by atoms with E-state index in [9.17, 15) is 4.79 Å². The Labute approximate surface area is 156 Å². The molecule has 0 saturated carbocycles. The van der Waals surface area contributed by atoms with Gasteiger partial charge in [-0.3, -0.25) is 14.5 Å². The van der Waals surface area contributed by atoms with E-state index < -0.39 is 0 Å². The molecule has 0 aliphatic heterocycles. The van der Waals surface area contributed by atoms with Crippen molar-refractivity contribution in [2.24, 2.45) is 7.05 Å². The molecule has 4 aromatic rings. The minimum Gasteiger partial charge on any atom is -0.333 e. The summed E-state index contributed by atoms with van der Waals surface area (Å²) in [5, 5.41) is 7.39. The van der Waals surface area contributed by atoms with E-state index in [-0.39, 0.29) is 5.91 Å². The van der Waals surface area contributed by atoms with Crippen LogP contribution in [0.1, 0.15) is 15.9 Å². The summed E-state index contributed by atoms with van der Waals surface area (Å²) >= 11 is 0. The fourth-order valence-electron chi connectivity index (χ4n) is 2.84. The Hall–Kier alpha value is -3.74. The number of aryl methyl sites for hydroxylation is 1. The molecule has 3 aromatic heterocycles. The summed E-state index contributed by atoms with van der Waals surface area (Å²) in [6.45, 7) is 0.666. The molecule has 1 amide bonds. The van der Waals surface area contributed by atoms with Gasteiger partial charge < -0.3 is 9.88 Å². The molecular weight excluding hydrogens is 340 g/mol. The number of nitrogens with zero attached hydrogens (tertiary/aromatic N) is 5. The molecule has 0 radical (unpaired) electrons. The van der Waals surface area contributed by atoms with Crippen LogP contribution in [0, 0.1) is 0 Å². The Bertz CT molecular complexity index is 1050. The van der Waals surface area contributed by atoms with Gasteiger partial charge in [0.2, 0.25) is 0 Å². The van der Waals surface area contributed by atoms with E-state index in [4.69, 9.17) is 0 Å². The Kier molecular flexibility index (Phi) is 4.49. The average Bonchev–Trinajstić information content (AvgIpc) is 3.33. The molecule has 0 atom stereocenters. The van der Waals surface area contributed by atoms with E-state index in [2.05, 4.69) is 20.4 Å². The Morgan fingerprint density at radius 2 is 1.93 bits per heavy atom. The van der Waals surface area contributed by atoms with E-state index in [1.165, 1.54) is 0 Å². The molecular formula is C20H18N6O. The zero-order valence-corrected chi connectivity index (χ0v) is 14.8. The number of carbonyl (C=O) groups excluding carboxylic acids is 1. The number of anilines is 1. The predicted molar refractivity (Wildman–Crippen MR) is 102 cm³/mol. The number of amides is 1. The highest BCUT2D eigenvalue weighted by molar-refractivity contribution is 6.04. The second-order valence-electron chi connectivity index (χ2n) is 6.16. The van der Waals surface area contributed by atoms with Crippen LogP contribution in [0.3, 0.4) is 0 Å². The van der Waals surface area contributed by atoms with Gasteiger partial charge in [-0.15, -0.1) is 0 Å². The number of hydrogen-bond donors (Lipinski definition) is 1. The van der Waals surface area contributed by atoms with Gasteiger partial charge in [0.05, 0.1) is 12.0 Å². The highest BCUT2D eigenvalue weighted by atomic mass is 16.1. The van der Waals surface area contributed by atoms with Crippen molar-refractivity contribution in [2.75, 3.05) is 5.32 Å². The van der Waals surface area contributed by atoms with Crippen LogP contribution in [-0.2, 0) is 13.6 Å². The lowest BCUT2D eigenvalue weighted by atomic mass is 10.1.